The molecule has 4 heteroatoms. The first-order valence-electron chi connectivity index (χ1n) is 10.8. The maximum absolute atomic E-state index is 5.80. The first kappa shape index (κ1) is 24.8. The van der Waals surface area contributed by atoms with E-state index in [1.54, 1.807) is 0 Å². The SMILES string of the molecule is CCCCCCOCN(COCCCCCC)COCCCCCC. The standard InChI is InChI=1S/C21H45NO3/c1-4-7-10-13-16-23-19-22(20-24-17-14-11-8-5-2)21-25-18-15-12-9-6-3/h4-21H2,1-3H3. The van der Waals surface area contributed by atoms with E-state index in [4.69, 9.17) is 14.2 Å². The molecule has 0 fully saturated rings. The molecule has 4 nitrogen and oxygen atoms in total. The zero-order chi connectivity index (χ0) is 18.4. The molecule has 0 aliphatic carbocycles. The second-order valence-electron chi connectivity index (χ2n) is 6.96. The maximum Gasteiger partial charge on any atom is 0.103 e. The molecule has 0 saturated heterocycles. The van der Waals surface area contributed by atoms with E-state index in [1.807, 2.05) is 0 Å². The molecule has 0 amide bonds. The van der Waals surface area contributed by atoms with Crippen molar-refractivity contribution >= 4 is 0 Å². The molecule has 0 spiro atoms. The molecule has 0 aromatic rings. The van der Waals surface area contributed by atoms with E-state index in [2.05, 4.69) is 25.7 Å². The maximum atomic E-state index is 5.80. The van der Waals surface area contributed by atoms with E-state index in [0.717, 1.165) is 39.1 Å². The van der Waals surface area contributed by atoms with Gasteiger partial charge in [-0.2, -0.15) is 0 Å². The van der Waals surface area contributed by atoms with Gasteiger partial charge in [0.2, 0.25) is 0 Å². The Hall–Kier alpha value is -0.160. The average molecular weight is 360 g/mol. The highest BCUT2D eigenvalue weighted by molar-refractivity contribution is 4.45. The lowest BCUT2D eigenvalue weighted by Gasteiger charge is -2.22. The number of nitrogens with zero attached hydrogens (tertiary/aromatic N) is 1. The number of rotatable bonds is 21. The summed E-state index contributed by atoms with van der Waals surface area (Å²) >= 11 is 0. The fourth-order valence-electron chi connectivity index (χ4n) is 2.59. The average Bonchev–Trinajstić information content (AvgIpc) is 2.63. The van der Waals surface area contributed by atoms with Crippen molar-refractivity contribution < 1.29 is 14.2 Å². The number of hydrogen-bond acceptors (Lipinski definition) is 4. The third-order valence-electron chi connectivity index (χ3n) is 4.25. The zero-order valence-electron chi connectivity index (χ0n) is 17.4. The van der Waals surface area contributed by atoms with Crippen LogP contribution in [0.4, 0.5) is 0 Å². The van der Waals surface area contributed by atoms with Gasteiger partial charge in [0.05, 0.1) is 0 Å². The van der Waals surface area contributed by atoms with Crippen molar-refractivity contribution in [1.82, 2.24) is 4.90 Å². The Bertz CT molecular complexity index is 201. The Morgan fingerprint density at radius 3 is 1.04 bits per heavy atom. The van der Waals surface area contributed by atoms with E-state index in [-0.39, 0.29) is 0 Å². The van der Waals surface area contributed by atoms with Crippen LogP contribution in [-0.4, -0.2) is 44.9 Å². The summed E-state index contributed by atoms with van der Waals surface area (Å²) in [5.41, 5.74) is 0. The lowest BCUT2D eigenvalue weighted by atomic mass is 10.2. The van der Waals surface area contributed by atoms with Gasteiger partial charge in [-0.25, -0.2) is 4.90 Å². The van der Waals surface area contributed by atoms with Gasteiger partial charge in [0.1, 0.15) is 20.2 Å². The predicted molar refractivity (Wildman–Crippen MR) is 107 cm³/mol. The predicted octanol–water partition coefficient (Wildman–Crippen LogP) is 5.95. The van der Waals surface area contributed by atoms with Crippen molar-refractivity contribution in [2.45, 2.75) is 97.8 Å². The van der Waals surface area contributed by atoms with Gasteiger partial charge in [-0.05, 0) is 19.3 Å². The molecule has 152 valence electrons. The van der Waals surface area contributed by atoms with E-state index >= 15 is 0 Å². The molecule has 25 heavy (non-hydrogen) atoms. The molecular formula is C21H45NO3. The van der Waals surface area contributed by atoms with Gasteiger partial charge in [0.15, 0.2) is 0 Å². The summed E-state index contributed by atoms with van der Waals surface area (Å²) < 4.78 is 17.4. The molecule has 0 aromatic carbocycles. The highest BCUT2D eigenvalue weighted by atomic mass is 16.5. The number of ether oxygens (including phenoxy) is 3. The molecule has 0 unspecified atom stereocenters. The quantitative estimate of drug-likeness (QED) is 0.187. The minimum Gasteiger partial charge on any atom is -0.366 e. The molecule has 0 aliphatic rings. The van der Waals surface area contributed by atoms with Gasteiger partial charge in [-0.15, -0.1) is 0 Å². The molecular weight excluding hydrogens is 314 g/mol. The second-order valence-corrected chi connectivity index (χ2v) is 6.96. The van der Waals surface area contributed by atoms with Crippen molar-refractivity contribution in [1.29, 1.82) is 0 Å². The van der Waals surface area contributed by atoms with Crippen LogP contribution < -0.4 is 0 Å². The van der Waals surface area contributed by atoms with Gasteiger partial charge < -0.3 is 14.2 Å². The molecule has 0 aliphatic heterocycles. The normalized spacial score (nSPS) is 11.5. The van der Waals surface area contributed by atoms with Crippen LogP contribution in [-0.2, 0) is 14.2 Å². The third-order valence-corrected chi connectivity index (χ3v) is 4.25. The van der Waals surface area contributed by atoms with Gasteiger partial charge in [-0.3, -0.25) is 0 Å². The first-order chi connectivity index (χ1) is 12.3. The minimum absolute atomic E-state index is 0.607. The third kappa shape index (κ3) is 20.0. The van der Waals surface area contributed by atoms with Crippen molar-refractivity contribution in [2.24, 2.45) is 0 Å². The van der Waals surface area contributed by atoms with Crippen LogP contribution in [0.1, 0.15) is 97.8 Å². The number of hydrogen-bond donors (Lipinski definition) is 0. The van der Waals surface area contributed by atoms with Crippen molar-refractivity contribution in [3.63, 3.8) is 0 Å². The van der Waals surface area contributed by atoms with Gasteiger partial charge in [0, 0.05) is 19.8 Å². The Labute approximate surface area is 157 Å². The largest absolute Gasteiger partial charge is 0.366 e. The minimum atomic E-state index is 0.607. The van der Waals surface area contributed by atoms with Crippen molar-refractivity contribution in [2.75, 3.05) is 40.0 Å². The Balaban J connectivity index is 3.76. The molecule has 0 rings (SSSR count). The fourth-order valence-corrected chi connectivity index (χ4v) is 2.59. The van der Waals surface area contributed by atoms with Crippen LogP contribution in [0.2, 0.25) is 0 Å². The lowest BCUT2D eigenvalue weighted by molar-refractivity contribution is -0.0990. The fraction of sp³-hybridized carbons (Fsp3) is 1.00. The Morgan fingerprint density at radius 2 is 0.760 bits per heavy atom. The van der Waals surface area contributed by atoms with E-state index in [1.165, 1.54) is 57.8 Å². The highest BCUT2D eigenvalue weighted by Crippen LogP contribution is 2.03. The van der Waals surface area contributed by atoms with Crippen LogP contribution in [0.15, 0.2) is 0 Å². The van der Waals surface area contributed by atoms with E-state index in [0.29, 0.717) is 20.2 Å². The Morgan fingerprint density at radius 1 is 0.440 bits per heavy atom. The van der Waals surface area contributed by atoms with Crippen LogP contribution in [0, 0.1) is 0 Å². The highest BCUT2D eigenvalue weighted by Gasteiger charge is 2.05. The second kappa shape index (κ2) is 21.9. The van der Waals surface area contributed by atoms with Gasteiger partial charge in [-0.1, -0.05) is 78.6 Å². The summed E-state index contributed by atoms with van der Waals surface area (Å²) in [6.07, 6.45) is 14.9. The summed E-state index contributed by atoms with van der Waals surface area (Å²) in [7, 11) is 0. The number of unbranched alkanes of at least 4 members (excludes halogenated alkanes) is 9. The van der Waals surface area contributed by atoms with Crippen LogP contribution in [0.3, 0.4) is 0 Å². The molecule has 0 atom stereocenters. The van der Waals surface area contributed by atoms with Crippen molar-refractivity contribution in [3.05, 3.63) is 0 Å². The van der Waals surface area contributed by atoms with Crippen molar-refractivity contribution in [3.8, 4) is 0 Å². The van der Waals surface area contributed by atoms with E-state index < -0.39 is 0 Å². The van der Waals surface area contributed by atoms with Crippen LogP contribution >= 0.6 is 0 Å². The molecule has 0 N–H and O–H groups in total. The molecule has 0 saturated carbocycles. The Kier molecular flexibility index (Phi) is 21.7. The summed E-state index contributed by atoms with van der Waals surface area (Å²) in [5, 5.41) is 0. The monoisotopic (exact) mass is 359 g/mol. The molecule has 0 radical (unpaired) electrons. The first-order valence-corrected chi connectivity index (χ1v) is 10.8. The van der Waals surface area contributed by atoms with Crippen LogP contribution in [0.25, 0.3) is 0 Å². The topological polar surface area (TPSA) is 30.9 Å². The van der Waals surface area contributed by atoms with E-state index in [9.17, 15) is 0 Å². The summed E-state index contributed by atoms with van der Waals surface area (Å²) in [4.78, 5) is 2.12. The van der Waals surface area contributed by atoms with Gasteiger partial charge in [0.25, 0.3) is 0 Å². The lowest BCUT2D eigenvalue weighted by Crippen LogP contribution is -2.32. The summed E-state index contributed by atoms with van der Waals surface area (Å²) in [6, 6.07) is 0. The molecule has 0 bridgehead atoms. The van der Waals surface area contributed by atoms with Gasteiger partial charge >= 0.3 is 0 Å². The van der Waals surface area contributed by atoms with Crippen LogP contribution in [0.5, 0.6) is 0 Å². The zero-order valence-corrected chi connectivity index (χ0v) is 17.4. The summed E-state index contributed by atoms with van der Waals surface area (Å²) in [6.45, 7) is 11.0. The smallest absolute Gasteiger partial charge is 0.103 e. The molecule has 0 aromatic heterocycles. The summed E-state index contributed by atoms with van der Waals surface area (Å²) in [5.74, 6) is 0. The molecule has 0 heterocycles.